The maximum Gasteiger partial charge on any atom is 0.271 e. The molecule has 5 rings (SSSR count). The van der Waals surface area contributed by atoms with Gasteiger partial charge >= 0.3 is 0 Å². The number of thiazole rings is 1. The van der Waals surface area contributed by atoms with Crippen LogP contribution >= 0.6 is 11.3 Å². The molecule has 3 heterocycles. The molecule has 0 aliphatic carbocycles. The second kappa shape index (κ2) is 9.11. The number of ether oxygens (including phenoxy) is 1. The number of aromatic nitrogens is 4. The molecular weight excluding hydrogens is 458 g/mol. The molecule has 7 nitrogen and oxygen atoms in total. The third kappa shape index (κ3) is 4.37. The molecule has 0 bridgehead atoms. The number of carbonyl (C=O) groups excluding carboxylic acids is 1. The maximum atomic E-state index is 13.6. The number of anilines is 2. The van der Waals surface area contributed by atoms with Crippen LogP contribution in [0.2, 0.25) is 0 Å². The fourth-order valence-corrected chi connectivity index (χ4v) is 5.17. The molecule has 0 aliphatic rings. The molecule has 178 valence electrons. The summed E-state index contributed by atoms with van der Waals surface area (Å²) in [6, 6.07) is 17.9. The van der Waals surface area contributed by atoms with E-state index in [2.05, 4.69) is 36.1 Å². The van der Waals surface area contributed by atoms with Crippen molar-refractivity contribution in [3.05, 3.63) is 71.4 Å². The van der Waals surface area contributed by atoms with E-state index in [4.69, 9.17) is 9.72 Å². The van der Waals surface area contributed by atoms with Crippen molar-refractivity contribution < 1.29 is 9.53 Å². The van der Waals surface area contributed by atoms with Crippen LogP contribution in [-0.2, 0) is 11.8 Å². The fourth-order valence-electron chi connectivity index (χ4n) is 4.17. The summed E-state index contributed by atoms with van der Waals surface area (Å²) in [5, 5.41) is 5.91. The highest BCUT2D eigenvalue weighted by atomic mass is 32.1. The molecule has 0 saturated heterocycles. The summed E-state index contributed by atoms with van der Waals surface area (Å²) in [5.41, 5.74) is 5.47. The van der Waals surface area contributed by atoms with Gasteiger partial charge < -0.3 is 4.74 Å². The van der Waals surface area contributed by atoms with Gasteiger partial charge in [0.1, 0.15) is 0 Å². The lowest BCUT2D eigenvalue weighted by molar-refractivity contribution is -0.119. The topological polar surface area (TPSA) is 73.1 Å². The van der Waals surface area contributed by atoms with Gasteiger partial charge in [0, 0.05) is 12.7 Å². The molecule has 3 aromatic heterocycles. The molecule has 0 fully saturated rings. The number of hydrogen-bond acceptors (Lipinski definition) is 6. The van der Waals surface area contributed by atoms with Crippen LogP contribution < -0.4 is 9.64 Å². The molecule has 0 saturated carbocycles. The number of carbonyl (C=O) groups is 1. The minimum Gasteiger partial charge on any atom is -0.466 e. The van der Waals surface area contributed by atoms with Crippen molar-refractivity contribution in [3.8, 4) is 5.88 Å². The van der Waals surface area contributed by atoms with Crippen molar-refractivity contribution in [1.82, 2.24) is 19.7 Å². The minimum absolute atomic E-state index is 0.179. The lowest BCUT2D eigenvalue weighted by atomic mass is 10.0. The van der Waals surface area contributed by atoms with Crippen LogP contribution in [0.3, 0.4) is 0 Å². The van der Waals surface area contributed by atoms with Crippen LogP contribution in [0.15, 0.2) is 54.6 Å². The van der Waals surface area contributed by atoms with E-state index < -0.39 is 0 Å². The average Bonchev–Trinajstić information content (AvgIpc) is 3.39. The van der Waals surface area contributed by atoms with Crippen LogP contribution in [-0.4, -0.2) is 32.3 Å². The molecule has 0 N–H and O–H groups in total. The quantitative estimate of drug-likeness (QED) is 0.292. The van der Waals surface area contributed by atoms with Crippen LogP contribution in [0, 0.1) is 13.8 Å². The number of rotatable bonds is 6. The monoisotopic (exact) mass is 485 g/mol. The van der Waals surface area contributed by atoms with Crippen LogP contribution in [0.25, 0.3) is 21.3 Å². The number of pyridine rings is 1. The van der Waals surface area contributed by atoms with E-state index in [9.17, 15) is 4.79 Å². The summed E-state index contributed by atoms with van der Waals surface area (Å²) in [4.78, 5) is 24.6. The predicted octanol–water partition coefficient (Wildman–Crippen LogP) is 6.06. The molecule has 1 amide bonds. The SMILES string of the molecule is Cc1cc(C)c2c(OCC(=O)N(c3ccc(C(C)C)cc3)c3nc4ccccc4s3)nn(C)c2n1. The van der Waals surface area contributed by atoms with Crippen LogP contribution in [0.1, 0.15) is 36.6 Å². The van der Waals surface area contributed by atoms with E-state index in [0.717, 1.165) is 38.2 Å². The number of hydrogen-bond donors (Lipinski definition) is 0. The van der Waals surface area contributed by atoms with E-state index in [1.54, 1.807) is 9.58 Å². The van der Waals surface area contributed by atoms with E-state index in [0.29, 0.717) is 16.9 Å². The molecule has 2 aromatic carbocycles. The first-order chi connectivity index (χ1) is 16.8. The van der Waals surface area contributed by atoms with Crippen molar-refractivity contribution >= 4 is 49.3 Å². The third-order valence-corrected chi connectivity index (χ3v) is 6.98. The predicted molar refractivity (Wildman–Crippen MR) is 141 cm³/mol. The highest BCUT2D eigenvalue weighted by Gasteiger charge is 2.24. The van der Waals surface area contributed by atoms with E-state index >= 15 is 0 Å². The summed E-state index contributed by atoms with van der Waals surface area (Å²) in [6.45, 7) is 8.06. The van der Waals surface area contributed by atoms with Gasteiger partial charge in [0.25, 0.3) is 5.91 Å². The zero-order chi connectivity index (χ0) is 24.7. The Morgan fingerprint density at radius 1 is 1.09 bits per heavy atom. The van der Waals surface area contributed by atoms with Crippen LogP contribution in [0.4, 0.5) is 10.8 Å². The highest BCUT2D eigenvalue weighted by Crippen LogP contribution is 2.34. The molecule has 35 heavy (non-hydrogen) atoms. The van der Waals surface area contributed by atoms with Crippen molar-refractivity contribution in [2.75, 3.05) is 11.5 Å². The molecule has 0 radical (unpaired) electrons. The zero-order valence-electron chi connectivity index (χ0n) is 20.4. The number of fused-ring (bicyclic) bond motifs is 2. The third-order valence-electron chi connectivity index (χ3n) is 5.96. The second-order valence-electron chi connectivity index (χ2n) is 8.94. The molecule has 5 aromatic rings. The Hall–Kier alpha value is -3.78. The summed E-state index contributed by atoms with van der Waals surface area (Å²) >= 11 is 1.48. The number of amides is 1. The van der Waals surface area contributed by atoms with Crippen molar-refractivity contribution in [3.63, 3.8) is 0 Å². The maximum absolute atomic E-state index is 13.6. The Balaban J connectivity index is 1.49. The molecular formula is C27H27N5O2S. The smallest absolute Gasteiger partial charge is 0.271 e. The van der Waals surface area contributed by atoms with Crippen molar-refractivity contribution in [2.45, 2.75) is 33.6 Å². The first-order valence-electron chi connectivity index (χ1n) is 11.5. The normalized spacial score (nSPS) is 11.5. The molecule has 0 unspecified atom stereocenters. The van der Waals surface area contributed by atoms with Crippen LogP contribution in [0.5, 0.6) is 5.88 Å². The first kappa shape index (κ1) is 23.0. The van der Waals surface area contributed by atoms with E-state index in [1.807, 2.05) is 63.4 Å². The van der Waals surface area contributed by atoms with Gasteiger partial charge in [0.2, 0.25) is 5.88 Å². The summed E-state index contributed by atoms with van der Waals surface area (Å²) in [7, 11) is 1.83. The minimum atomic E-state index is -0.224. The molecule has 0 aliphatic heterocycles. The van der Waals surface area contributed by atoms with Gasteiger partial charge in [0.15, 0.2) is 17.4 Å². The Labute approximate surface area is 208 Å². The van der Waals surface area contributed by atoms with Crippen molar-refractivity contribution in [2.24, 2.45) is 7.05 Å². The van der Waals surface area contributed by atoms with Gasteiger partial charge in [-0.05, 0) is 61.2 Å². The van der Waals surface area contributed by atoms with Gasteiger partial charge in [-0.25, -0.2) is 14.6 Å². The second-order valence-corrected chi connectivity index (χ2v) is 9.95. The number of aryl methyl sites for hydroxylation is 3. The lowest BCUT2D eigenvalue weighted by Crippen LogP contribution is -2.31. The number of para-hydroxylation sites is 1. The molecule has 0 atom stereocenters. The summed E-state index contributed by atoms with van der Waals surface area (Å²) in [6.07, 6.45) is 0. The molecule has 8 heteroatoms. The van der Waals surface area contributed by atoms with Gasteiger partial charge in [-0.2, -0.15) is 0 Å². The van der Waals surface area contributed by atoms with E-state index in [-0.39, 0.29) is 12.5 Å². The Bertz CT molecular complexity index is 1500. The van der Waals surface area contributed by atoms with Gasteiger partial charge in [-0.1, -0.05) is 49.4 Å². The number of benzene rings is 2. The fraction of sp³-hybridized carbons (Fsp3) is 0.259. The van der Waals surface area contributed by atoms with Crippen molar-refractivity contribution in [1.29, 1.82) is 0 Å². The summed E-state index contributed by atoms with van der Waals surface area (Å²) < 4.78 is 8.70. The van der Waals surface area contributed by atoms with Gasteiger partial charge in [-0.3, -0.25) is 9.69 Å². The zero-order valence-corrected chi connectivity index (χ0v) is 21.3. The highest BCUT2D eigenvalue weighted by molar-refractivity contribution is 7.22. The van der Waals surface area contributed by atoms with Gasteiger partial charge in [-0.15, -0.1) is 5.10 Å². The average molecular weight is 486 g/mol. The number of nitrogens with zero attached hydrogens (tertiary/aromatic N) is 5. The molecule has 0 spiro atoms. The lowest BCUT2D eigenvalue weighted by Gasteiger charge is -2.20. The van der Waals surface area contributed by atoms with Gasteiger partial charge in [0.05, 0.1) is 21.3 Å². The largest absolute Gasteiger partial charge is 0.466 e. The van der Waals surface area contributed by atoms with E-state index in [1.165, 1.54) is 16.9 Å². The Kier molecular flexibility index (Phi) is 5.98. The standard InChI is InChI=1S/C27H27N5O2S/c1-16(2)19-10-12-20(13-11-19)32(27-29-21-8-6-7-9-22(21)35-27)23(33)15-34-26-24-17(3)14-18(4)28-25(24)31(5)30-26/h6-14,16H,15H2,1-5H3. The first-order valence-corrected chi connectivity index (χ1v) is 12.4. The summed E-state index contributed by atoms with van der Waals surface area (Å²) in [5.74, 6) is 0.579. The Morgan fingerprint density at radius 3 is 2.54 bits per heavy atom. The Morgan fingerprint density at radius 2 is 1.83 bits per heavy atom.